The van der Waals surface area contributed by atoms with Crippen LogP contribution in [0.25, 0.3) is 0 Å². The van der Waals surface area contributed by atoms with E-state index in [9.17, 15) is 9.90 Å². The molecule has 21 heavy (non-hydrogen) atoms. The van der Waals surface area contributed by atoms with Crippen molar-refractivity contribution in [2.24, 2.45) is 0 Å². The van der Waals surface area contributed by atoms with Gasteiger partial charge in [-0.15, -0.1) is 0 Å². The van der Waals surface area contributed by atoms with E-state index in [1.807, 2.05) is 6.07 Å². The standard InChI is InChI=1S/C15H19N3O2S/c1-11-4-3-5-12(6-11)10-21-15-17-7-13(9-19)18(15)8-14(20)16-2/h3-7,19H,8-10H2,1-2H3,(H,16,20). The van der Waals surface area contributed by atoms with Gasteiger partial charge in [-0.25, -0.2) is 4.98 Å². The predicted octanol–water partition coefficient (Wildman–Crippen LogP) is 1.72. The van der Waals surface area contributed by atoms with Gasteiger partial charge in [0.25, 0.3) is 0 Å². The van der Waals surface area contributed by atoms with Gasteiger partial charge in [-0.1, -0.05) is 41.6 Å². The average Bonchev–Trinajstić information content (AvgIpc) is 2.87. The van der Waals surface area contributed by atoms with Gasteiger partial charge in [-0.3, -0.25) is 4.79 Å². The molecule has 0 aliphatic rings. The molecule has 0 aliphatic heterocycles. The lowest BCUT2D eigenvalue weighted by Crippen LogP contribution is -2.24. The lowest BCUT2D eigenvalue weighted by atomic mass is 10.2. The zero-order chi connectivity index (χ0) is 15.2. The minimum Gasteiger partial charge on any atom is -0.390 e. The number of nitrogens with zero attached hydrogens (tertiary/aromatic N) is 2. The minimum absolute atomic E-state index is 0.111. The summed E-state index contributed by atoms with van der Waals surface area (Å²) in [5.74, 6) is 0.664. The largest absolute Gasteiger partial charge is 0.390 e. The number of imidazole rings is 1. The van der Waals surface area contributed by atoms with E-state index in [-0.39, 0.29) is 19.1 Å². The Morgan fingerprint density at radius 1 is 1.48 bits per heavy atom. The molecule has 0 saturated carbocycles. The molecule has 0 radical (unpaired) electrons. The van der Waals surface area contributed by atoms with Gasteiger partial charge in [0.2, 0.25) is 5.91 Å². The van der Waals surface area contributed by atoms with Gasteiger partial charge in [0.05, 0.1) is 18.5 Å². The molecule has 6 heteroatoms. The number of hydrogen-bond acceptors (Lipinski definition) is 4. The van der Waals surface area contributed by atoms with Crippen LogP contribution in [0.15, 0.2) is 35.6 Å². The average molecular weight is 305 g/mol. The highest BCUT2D eigenvalue weighted by Gasteiger charge is 2.12. The van der Waals surface area contributed by atoms with Crippen LogP contribution in [0.2, 0.25) is 0 Å². The molecular formula is C15H19N3O2S. The van der Waals surface area contributed by atoms with Crippen molar-refractivity contribution in [3.05, 3.63) is 47.3 Å². The summed E-state index contributed by atoms with van der Waals surface area (Å²) in [4.78, 5) is 15.9. The van der Waals surface area contributed by atoms with Crippen LogP contribution >= 0.6 is 11.8 Å². The number of aliphatic hydroxyl groups excluding tert-OH is 1. The second-order valence-corrected chi connectivity index (χ2v) is 5.67. The Morgan fingerprint density at radius 2 is 2.29 bits per heavy atom. The maximum Gasteiger partial charge on any atom is 0.239 e. The molecule has 0 bridgehead atoms. The number of aromatic nitrogens is 2. The number of nitrogens with one attached hydrogen (secondary N) is 1. The summed E-state index contributed by atoms with van der Waals surface area (Å²) in [6, 6.07) is 8.29. The van der Waals surface area contributed by atoms with Gasteiger partial charge in [-0.2, -0.15) is 0 Å². The first-order chi connectivity index (χ1) is 10.1. The first kappa shape index (κ1) is 15.6. The third kappa shape index (κ3) is 4.09. The zero-order valence-corrected chi connectivity index (χ0v) is 13.0. The molecule has 2 rings (SSSR count). The van der Waals surface area contributed by atoms with Gasteiger partial charge in [0.1, 0.15) is 6.54 Å². The fourth-order valence-corrected chi connectivity index (χ4v) is 2.92. The van der Waals surface area contributed by atoms with E-state index < -0.39 is 0 Å². The highest BCUT2D eigenvalue weighted by molar-refractivity contribution is 7.98. The summed E-state index contributed by atoms with van der Waals surface area (Å²) >= 11 is 1.56. The van der Waals surface area contributed by atoms with Gasteiger partial charge < -0.3 is 15.0 Å². The van der Waals surface area contributed by atoms with Crippen LogP contribution in [-0.4, -0.2) is 27.6 Å². The number of thioether (sulfide) groups is 1. The van der Waals surface area contributed by atoms with Crippen molar-refractivity contribution in [2.75, 3.05) is 7.05 Å². The predicted molar refractivity (Wildman–Crippen MR) is 83.0 cm³/mol. The van der Waals surface area contributed by atoms with E-state index >= 15 is 0 Å². The van der Waals surface area contributed by atoms with Crippen LogP contribution in [-0.2, 0) is 23.7 Å². The Morgan fingerprint density at radius 3 is 2.95 bits per heavy atom. The summed E-state index contributed by atoms with van der Waals surface area (Å²) < 4.78 is 1.75. The number of rotatable bonds is 6. The van der Waals surface area contributed by atoms with E-state index in [0.717, 1.165) is 10.9 Å². The van der Waals surface area contributed by atoms with Gasteiger partial charge in [0, 0.05) is 12.8 Å². The highest BCUT2D eigenvalue weighted by atomic mass is 32.2. The molecule has 5 nitrogen and oxygen atoms in total. The van der Waals surface area contributed by atoms with Crippen molar-refractivity contribution in [2.45, 2.75) is 31.0 Å². The molecule has 0 saturated heterocycles. The molecule has 0 atom stereocenters. The summed E-state index contributed by atoms with van der Waals surface area (Å²) in [6.45, 7) is 2.10. The molecule has 2 N–H and O–H groups in total. The first-order valence-electron chi connectivity index (χ1n) is 6.68. The van der Waals surface area contributed by atoms with Crippen LogP contribution in [0.5, 0.6) is 0 Å². The quantitative estimate of drug-likeness (QED) is 0.798. The Bertz CT molecular complexity index is 625. The fraction of sp³-hybridized carbons (Fsp3) is 0.333. The van der Waals surface area contributed by atoms with Crippen LogP contribution in [0.3, 0.4) is 0 Å². The number of carbonyl (C=O) groups excluding carboxylic acids is 1. The molecule has 0 spiro atoms. The first-order valence-corrected chi connectivity index (χ1v) is 7.66. The normalized spacial score (nSPS) is 10.6. The lowest BCUT2D eigenvalue weighted by molar-refractivity contribution is -0.121. The molecular weight excluding hydrogens is 286 g/mol. The summed E-state index contributed by atoms with van der Waals surface area (Å²) in [5.41, 5.74) is 3.07. The molecule has 1 aromatic carbocycles. The van der Waals surface area contributed by atoms with Gasteiger partial charge in [0.15, 0.2) is 5.16 Å². The summed E-state index contributed by atoms with van der Waals surface area (Å²) in [7, 11) is 1.59. The van der Waals surface area contributed by atoms with E-state index in [1.54, 1.807) is 29.6 Å². The number of benzene rings is 1. The number of carbonyl (C=O) groups is 1. The van der Waals surface area contributed by atoms with Crippen LogP contribution in [0.1, 0.15) is 16.8 Å². The molecule has 2 aromatic rings. The summed E-state index contributed by atoms with van der Waals surface area (Å²) in [6.07, 6.45) is 1.61. The van der Waals surface area contributed by atoms with E-state index in [2.05, 4.69) is 35.4 Å². The van der Waals surface area contributed by atoms with Gasteiger partial charge >= 0.3 is 0 Å². The molecule has 1 aromatic heterocycles. The Hall–Kier alpha value is -1.79. The molecule has 0 unspecified atom stereocenters. The van der Waals surface area contributed by atoms with Crippen molar-refractivity contribution in [3.63, 3.8) is 0 Å². The van der Waals surface area contributed by atoms with Crippen molar-refractivity contribution in [1.29, 1.82) is 0 Å². The Kier molecular flexibility index (Phi) is 5.41. The molecule has 0 fully saturated rings. The number of amides is 1. The number of aliphatic hydroxyl groups is 1. The smallest absolute Gasteiger partial charge is 0.239 e. The van der Waals surface area contributed by atoms with Crippen molar-refractivity contribution in [3.8, 4) is 0 Å². The maximum atomic E-state index is 11.6. The van der Waals surface area contributed by atoms with Crippen LogP contribution in [0.4, 0.5) is 0 Å². The van der Waals surface area contributed by atoms with E-state index in [1.165, 1.54) is 11.1 Å². The van der Waals surface area contributed by atoms with Crippen molar-refractivity contribution < 1.29 is 9.90 Å². The molecule has 0 aliphatic carbocycles. The number of aryl methyl sites for hydroxylation is 1. The van der Waals surface area contributed by atoms with Crippen LogP contribution in [0, 0.1) is 6.92 Å². The van der Waals surface area contributed by atoms with Crippen LogP contribution < -0.4 is 5.32 Å². The van der Waals surface area contributed by atoms with Crippen molar-refractivity contribution >= 4 is 17.7 Å². The fourth-order valence-electron chi connectivity index (χ4n) is 1.97. The second kappa shape index (κ2) is 7.28. The van der Waals surface area contributed by atoms with Gasteiger partial charge in [-0.05, 0) is 12.5 Å². The zero-order valence-electron chi connectivity index (χ0n) is 12.2. The second-order valence-electron chi connectivity index (χ2n) is 4.73. The lowest BCUT2D eigenvalue weighted by Gasteiger charge is -2.09. The Labute approximate surface area is 128 Å². The number of hydrogen-bond donors (Lipinski definition) is 2. The molecule has 1 heterocycles. The third-order valence-corrected chi connectivity index (χ3v) is 4.16. The van der Waals surface area contributed by atoms with Crippen molar-refractivity contribution in [1.82, 2.24) is 14.9 Å². The Balaban J connectivity index is 2.12. The van der Waals surface area contributed by atoms with E-state index in [0.29, 0.717) is 5.69 Å². The summed E-state index contributed by atoms with van der Waals surface area (Å²) in [5, 5.41) is 12.7. The minimum atomic E-state index is -0.130. The topological polar surface area (TPSA) is 67.2 Å². The molecule has 112 valence electrons. The number of likely N-dealkylation sites (N-methyl/N-ethyl adjacent to an activating group) is 1. The van der Waals surface area contributed by atoms with E-state index in [4.69, 9.17) is 0 Å². The monoisotopic (exact) mass is 305 g/mol. The SMILES string of the molecule is CNC(=O)Cn1c(CO)cnc1SCc1cccc(C)c1. The third-order valence-electron chi connectivity index (χ3n) is 3.09. The maximum absolute atomic E-state index is 11.6. The highest BCUT2D eigenvalue weighted by Crippen LogP contribution is 2.23. The molecule has 1 amide bonds.